The first-order chi connectivity index (χ1) is 7.64. The lowest BCUT2D eigenvalue weighted by atomic mass is 10.2. The summed E-state index contributed by atoms with van der Waals surface area (Å²) in [5, 5.41) is 3.39. The van der Waals surface area contributed by atoms with Crippen LogP contribution in [0.1, 0.15) is 5.56 Å². The molecule has 0 aromatic heterocycles. The second-order valence-electron chi connectivity index (χ2n) is 3.03. The molecule has 0 aliphatic rings. The van der Waals surface area contributed by atoms with Crippen LogP contribution in [0.5, 0.6) is 0 Å². The number of benzene rings is 1. The summed E-state index contributed by atoms with van der Waals surface area (Å²) in [7, 11) is -3.33. The van der Waals surface area contributed by atoms with Crippen LogP contribution in [0.15, 0.2) is 35.5 Å². The van der Waals surface area contributed by atoms with Crippen molar-refractivity contribution in [2.24, 2.45) is 5.16 Å². The number of nitrogens with zero attached hydrogens (tertiary/aromatic N) is 1. The van der Waals surface area contributed by atoms with Crippen LogP contribution in [0.4, 0.5) is 0 Å². The first-order valence-corrected chi connectivity index (χ1v) is 6.87. The maximum Gasteiger partial charge on any atom is 0.193 e. The standard InChI is InChI=1S/C10H12ClNO3S/c11-6-7-16(13,14)9-12-15-8-10-4-2-1-3-5-10/h1-5,9H,6-8H2/b12-9+. The van der Waals surface area contributed by atoms with Gasteiger partial charge in [0.05, 0.1) is 5.75 Å². The minimum absolute atomic E-state index is 0.0486. The molecule has 0 aliphatic carbocycles. The van der Waals surface area contributed by atoms with Crippen molar-refractivity contribution < 1.29 is 13.3 Å². The summed E-state index contributed by atoms with van der Waals surface area (Å²) in [6.07, 6.45) is 0. The average molecular weight is 262 g/mol. The van der Waals surface area contributed by atoms with Crippen LogP contribution in [0.25, 0.3) is 0 Å². The van der Waals surface area contributed by atoms with Crippen molar-refractivity contribution in [3.63, 3.8) is 0 Å². The van der Waals surface area contributed by atoms with E-state index in [9.17, 15) is 8.42 Å². The smallest absolute Gasteiger partial charge is 0.193 e. The maximum absolute atomic E-state index is 11.1. The van der Waals surface area contributed by atoms with Crippen LogP contribution in [0, 0.1) is 0 Å². The molecule has 1 rings (SSSR count). The van der Waals surface area contributed by atoms with Crippen LogP contribution < -0.4 is 0 Å². The molecule has 0 aliphatic heterocycles. The molecule has 0 N–H and O–H groups in total. The summed E-state index contributed by atoms with van der Waals surface area (Å²) in [5.41, 5.74) is 1.72. The summed E-state index contributed by atoms with van der Waals surface area (Å²) < 4.78 is 22.3. The molecule has 0 bridgehead atoms. The topological polar surface area (TPSA) is 55.7 Å². The molecule has 0 heterocycles. The van der Waals surface area contributed by atoms with E-state index in [0.29, 0.717) is 0 Å². The van der Waals surface area contributed by atoms with Gasteiger partial charge in [0.2, 0.25) is 0 Å². The van der Waals surface area contributed by atoms with Crippen molar-refractivity contribution in [1.82, 2.24) is 0 Å². The molecule has 0 saturated carbocycles. The SMILES string of the molecule is O=S(=O)(/C=N/OCc1ccccc1)CCCl. The lowest BCUT2D eigenvalue weighted by Crippen LogP contribution is -2.08. The minimum atomic E-state index is -3.33. The van der Waals surface area contributed by atoms with E-state index < -0.39 is 9.84 Å². The highest BCUT2D eigenvalue weighted by molar-refractivity contribution is 8.04. The Labute approximate surface area is 99.8 Å². The lowest BCUT2D eigenvalue weighted by molar-refractivity contribution is 0.132. The molecule has 0 spiro atoms. The summed E-state index contributed by atoms with van der Waals surface area (Å²) in [5.74, 6) is -0.0835. The molecule has 1 aromatic carbocycles. The molecule has 0 amide bonds. The van der Waals surface area contributed by atoms with Gasteiger partial charge < -0.3 is 4.84 Å². The highest BCUT2D eigenvalue weighted by Gasteiger charge is 2.05. The van der Waals surface area contributed by atoms with Gasteiger partial charge in [-0.05, 0) is 5.56 Å². The summed E-state index contributed by atoms with van der Waals surface area (Å²) in [4.78, 5) is 4.85. The molecule has 0 saturated heterocycles. The van der Waals surface area contributed by atoms with Gasteiger partial charge in [-0.2, -0.15) is 0 Å². The zero-order chi connectivity index (χ0) is 11.9. The van der Waals surface area contributed by atoms with Gasteiger partial charge in [0, 0.05) is 5.88 Å². The molecule has 16 heavy (non-hydrogen) atoms. The molecule has 0 unspecified atom stereocenters. The lowest BCUT2D eigenvalue weighted by Gasteiger charge is -1.98. The number of hydrogen-bond donors (Lipinski definition) is 0. The predicted molar refractivity (Wildman–Crippen MR) is 64.2 cm³/mol. The largest absolute Gasteiger partial charge is 0.390 e. The van der Waals surface area contributed by atoms with Gasteiger partial charge in [0.25, 0.3) is 0 Å². The molecule has 1 aromatic rings. The van der Waals surface area contributed by atoms with Crippen LogP contribution >= 0.6 is 11.6 Å². The molecule has 4 nitrogen and oxygen atoms in total. The van der Waals surface area contributed by atoms with Crippen LogP contribution in [-0.4, -0.2) is 25.6 Å². The second-order valence-corrected chi connectivity index (χ2v) is 5.35. The first kappa shape index (κ1) is 13.0. The van der Waals surface area contributed by atoms with Crippen molar-refractivity contribution >= 4 is 27.0 Å². The van der Waals surface area contributed by atoms with Gasteiger partial charge >= 0.3 is 0 Å². The molecule has 88 valence electrons. The van der Waals surface area contributed by atoms with E-state index in [1.54, 1.807) is 0 Å². The quantitative estimate of drug-likeness (QED) is 0.340. The van der Waals surface area contributed by atoms with Gasteiger partial charge in [0.1, 0.15) is 6.61 Å². The van der Waals surface area contributed by atoms with Crippen LogP contribution in [-0.2, 0) is 21.3 Å². The van der Waals surface area contributed by atoms with Crippen molar-refractivity contribution in [2.45, 2.75) is 6.61 Å². The van der Waals surface area contributed by atoms with E-state index in [4.69, 9.17) is 16.4 Å². The Balaban J connectivity index is 2.39. The first-order valence-electron chi connectivity index (χ1n) is 4.62. The fraction of sp³-hybridized carbons (Fsp3) is 0.300. The van der Waals surface area contributed by atoms with Crippen molar-refractivity contribution in [2.75, 3.05) is 11.6 Å². The third-order valence-corrected chi connectivity index (χ3v) is 3.31. The van der Waals surface area contributed by atoms with E-state index in [1.807, 2.05) is 30.3 Å². The fourth-order valence-corrected chi connectivity index (χ4v) is 2.10. The predicted octanol–water partition coefficient (Wildman–Crippen LogP) is 1.80. The molecular weight excluding hydrogens is 250 g/mol. The third-order valence-electron chi connectivity index (χ3n) is 1.71. The molecular formula is C10H12ClNO3S. The fourth-order valence-electron chi connectivity index (χ4n) is 0.942. The Morgan fingerprint density at radius 1 is 1.31 bits per heavy atom. The monoisotopic (exact) mass is 261 g/mol. The average Bonchev–Trinajstić information content (AvgIpc) is 2.26. The zero-order valence-electron chi connectivity index (χ0n) is 8.54. The van der Waals surface area contributed by atoms with E-state index in [-0.39, 0.29) is 18.2 Å². The number of alkyl halides is 1. The number of oxime groups is 1. The number of halogens is 1. The van der Waals surface area contributed by atoms with E-state index >= 15 is 0 Å². The minimum Gasteiger partial charge on any atom is -0.390 e. The molecule has 0 radical (unpaired) electrons. The van der Waals surface area contributed by atoms with Crippen LogP contribution in [0.3, 0.4) is 0 Å². The number of hydrogen-bond acceptors (Lipinski definition) is 4. The number of rotatable bonds is 6. The summed E-state index contributed by atoms with van der Waals surface area (Å²) >= 11 is 5.31. The zero-order valence-corrected chi connectivity index (χ0v) is 10.1. The molecule has 0 atom stereocenters. The Bertz CT molecular complexity index is 431. The van der Waals surface area contributed by atoms with Crippen molar-refractivity contribution in [3.8, 4) is 0 Å². The Morgan fingerprint density at radius 2 is 2.00 bits per heavy atom. The van der Waals surface area contributed by atoms with Crippen molar-refractivity contribution in [1.29, 1.82) is 0 Å². The number of sulfone groups is 1. The summed E-state index contributed by atoms with van der Waals surface area (Å²) in [6, 6.07) is 9.35. The highest BCUT2D eigenvalue weighted by atomic mass is 35.5. The van der Waals surface area contributed by atoms with Gasteiger partial charge in [-0.3, -0.25) is 0 Å². The summed E-state index contributed by atoms with van der Waals surface area (Å²) in [6.45, 7) is 0.244. The highest BCUT2D eigenvalue weighted by Crippen LogP contribution is 2.00. The van der Waals surface area contributed by atoms with E-state index in [1.165, 1.54) is 0 Å². The third kappa shape index (κ3) is 5.14. The molecule has 0 fully saturated rings. The van der Waals surface area contributed by atoms with Gasteiger partial charge in [0.15, 0.2) is 15.4 Å². The van der Waals surface area contributed by atoms with Gasteiger partial charge in [-0.15, -0.1) is 11.6 Å². The van der Waals surface area contributed by atoms with Gasteiger partial charge in [-0.25, -0.2) is 8.42 Å². The normalized spacial score (nSPS) is 11.8. The second kappa shape index (κ2) is 6.50. The Morgan fingerprint density at radius 3 is 2.62 bits per heavy atom. The van der Waals surface area contributed by atoms with Crippen LogP contribution in [0.2, 0.25) is 0 Å². The van der Waals surface area contributed by atoms with E-state index in [2.05, 4.69) is 5.16 Å². The Hall–Kier alpha value is -1.07. The molecule has 6 heteroatoms. The van der Waals surface area contributed by atoms with Crippen molar-refractivity contribution in [3.05, 3.63) is 35.9 Å². The van der Waals surface area contributed by atoms with E-state index in [0.717, 1.165) is 11.1 Å². The maximum atomic E-state index is 11.1. The Kier molecular flexibility index (Phi) is 5.28. The van der Waals surface area contributed by atoms with Gasteiger partial charge in [-0.1, -0.05) is 35.5 Å².